The number of anilines is 1. The van der Waals surface area contributed by atoms with E-state index in [2.05, 4.69) is 5.32 Å². The molecule has 1 saturated heterocycles. The van der Waals surface area contributed by atoms with Crippen molar-refractivity contribution in [1.29, 1.82) is 0 Å². The zero-order chi connectivity index (χ0) is 14.7. The Morgan fingerprint density at radius 3 is 2.35 bits per heavy atom. The SMILES string of the molecule is Cc1cccc(C)c1NC(=O)N1CCC(C(C)O)CC1. The second kappa shape index (κ2) is 6.27. The predicted octanol–water partition coefficient (Wildman–Crippen LogP) is 2.93. The van der Waals surface area contributed by atoms with Crippen LogP contribution in [0.3, 0.4) is 0 Å². The number of nitrogens with one attached hydrogen (secondary N) is 1. The van der Waals surface area contributed by atoms with Crippen molar-refractivity contribution in [2.45, 2.75) is 39.7 Å². The third-order valence-electron chi connectivity index (χ3n) is 4.22. The van der Waals surface area contributed by atoms with Crippen molar-refractivity contribution < 1.29 is 9.90 Å². The molecular weight excluding hydrogens is 252 g/mol. The Bertz CT molecular complexity index is 457. The van der Waals surface area contributed by atoms with Gasteiger partial charge in [0.15, 0.2) is 0 Å². The van der Waals surface area contributed by atoms with Crippen molar-refractivity contribution in [3.63, 3.8) is 0 Å². The first-order valence-corrected chi connectivity index (χ1v) is 7.29. The average Bonchev–Trinajstić information content (AvgIpc) is 2.43. The number of benzene rings is 1. The number of piperidine rings is 1. The molecule has 1 aromatic rings. The quantitative estimate of drug-likeness (QED) is 0.872. The Morgan fingerprint density at radius 1 is 1.30 bits per heavy atom. The van der Waals surface area contributed by atoms with Crippen LogP contribution in [-0.2, 0) is 0 Å². The van der Waals surface area contributed by atoms with Gasteiger partial charge in [-0.2, -0.15) is 0 Å². The van der Waals surface area contributed by atoms with Crippen molar-refractivity contribution in [2.75, 3.05) is 18.4 Å². The van der Waals surface area contributed by atoms with E-state index in [9.17, 15) is 9.90 Å². The number of likely N-dealkylation sites (tertiary alicyclic amines) is 1. The lowest BCUT2D eigenvalue weighted by Crippen LogP contribution is -2.43. The molecule has 1 aliphatic rings. The van der Waals surface area contributed by atoms with E-state index in [0.717, 1.165) is 29.7 Å². The maximum absolute atomic E-state index is 12.3. The largest absolute Gasteiger partial charge is 0.393 e. The smallest absolute Gasteiger partial charge is 0.321 e. The molecule has 2 amide bonds. The van der Waals surface area contributed by atoms with Crippen LogP contribution in [0.1, 0.15) is 30.9 Å². The first kappa shape index (κ1) is 14.9. The van der Waals surface area contributed by atoms with Crippen LogP contribution in [-0.4, -0.2) is 35.2 Å². The van der Waals surface area contributed by atoms with E-state index in [1.165, 1.54) is 0 Å². The van der Waals surface area contributed by atoms with Crippen LogP contribution >= 0.6 is 0 Å². The van der Waals surface area contributed by atoms with Crippen LogP contribution in [0, 0.1) is 19.8 Å². The Labute approximate surface area is 120 Å². The molecule has 110 valence electrons. The summed E-state index contributed by atoms with van der Waals surface area (Å²) in [5.41, 5.74) is 3.07. The summed E-state index contributed by atoms with van der Waals surface area (Å²) in [4.78, 5) is 14.1. The van der Waals surface area contributed by atoms with E-state index >= 15 is 0 Å². The topological polar surface area (TPSA) is 52.6 Å². The van der Waals surface area contributed by atoms with Gasteiger partial charge >= 0.3 is 6.03 Å². The highest BCUT2D eigenvalue weighted by Crippen LogP contribution is 2.23. The molecular formula is C16H24N2O2. The van der Waals surface area contributed by atoms with E-state index < -0.39 is 0 Å². The molecule has 0 bridgehead atoms. The molecule has 20 heavy (non-hydrogen) atoms. The number of amides is 2. The Morgan fingerprint density at radius 2 is 1.85 bits per heavy atom. The van der Waals surface area contributed by atoms with Gasteiger partial charge in [-0.3, -0.25) is 0 Å². The van der Waals surface area contributed by atoms with Gasteiger partial charge in [0.05, 0.1) is 6.10 Å². The minimum absolute atomic E-state index is 0.0357. The number of rotatable bonds is 2. The Kier molecular flexibility index (Phi) is 4.65. The van der Waals surface area contributed by atoms with Gasteiger partial charge in [0, 0.05) is 18.8 Å². The molecule has 0 aromatic heterocycles. The number of aliphatic hydroxyl groups excluding tert-OH is 1. The van der Waals surface area contributed by atoms with E-state index in [1.54, 1.807) is 0 Å². The van der Waals surface area contributed by atoms with Crippen LogP contribution in [0.15, 0.2) is 18.2 Å². The minimum atomic E-state index is -0.279. The average molecular weight is 276 g/mol. The van der Waals surface area contributed by atoms with E-state index in [4.69, 9.17) is 0 Å². The van der Waals surface area contributed by atoms with Crippen molar-refractivity contribution in [2.24, 2.45) is 5.92 Å². The highest BCUT2D eigenvalue weighted by Gasteiger charge is 2.25. The van der Waals surface area contributed by atoms with E-state index in [1.807, 2.05) is 43.9 Å². The maximum Gasteiger partial charge on any atom is 0.321 e. The zero-order valence-electron chi connectivity index (χ0n) is 12.5. The van der Waals surface area contributed by atoms with Gasteiger partial charge < -0.3 is 15.3 Å². The molecule has 4 nitrogen and oxygen atoms in total. The van der Waals surface area contributed by atoms with Crippen molar-refractivity contribution in [3.8, 4) is 0 Å². The summed E-state index contributed by atoms with van der Waals surface area (Å²) in [5.74, 6) is 0.319. The molecule has 4 heteroatoms. The molecule has 1 heterocycles. The summed E-state index contributed by atoms with van der Waals surface area (Å²) in [6.07, 6.45) is 1.47. The normalized spacial score (nSPS) is 17.9. The predicted molar refractivity (Wildman–Crippen MR) is 80.9 cm³/mol. The van der Waals surface area contributed by atoms with Gasteiger partial charge in [0.2, 0.25) is 0 Å². The van der Waals surface area contributed by atoms with Gasteiger partial charge in [-0.05, 0) is 50.7 Å². The fraction of sp³-hybridized carbons (Fsp3) is 0.562. The molecule has 0 aliphatic carbocycles. The van der Waals surface area contributed by atoms with E-state index in [0.29, 0.717) is 19.0 Å². The number of nitrogens with zero attached hydrogens (tertiary/aromatic N) is 1. The molecule has 2 rings (SSSR count). The minimum Gasteiger partial charge on any atom is -0.393 e. The number of carbonyl (C=O) groups excluding carboxylic acids is 1. The lowest BCUT2D eigenvalue weighted by atomic mass is 9.92. The molecule has 1 unspecified atom stereocenters. The maximum atomic E-state index is 12.3. The van der Waals surface area contributed by atoms with Gasteiger partial charge in [-0.15, -0.1) is 0 Å². The first-order chi connectivity index (χ1) is 9.49. The Hall–Kier alpha value is -1.55. The second-order valence-corrected chi connectivity index (χ2v) is 5.76. The number of urea groups is 1. The van der Waals surface area contributed by atoms with Crippen LogP contribution in [0.4, 0.5) is 10.5 Å². The fourth-order valence-electron chi connectivity index (χ4n) is 2.78. The van der Waals surface area contributed by atoms with Gasteiger partial charge in [0.25, 0.3) is 0 Å². The number of aliphatic hydroxyl groups is 1. The summed E-state index contributed by atoms with van der Waals surface area (Å²) < 4.78 is 0. The summed E-state index contributed by atoms with van der Waals surface area (Å²) in [6.45, 7) is 7.26. The zero-order valence-corrected chi connectivity index (χ0v) is 12.5. The van der Waals surface area contributed by atoms with Crippen molar-refractivity contribution in [1.82, 2.24) is 4.90 Å². The Balaban J connectivity index is 1.96. The molecule has 1 aromatic carbocycles. The van der Waals surface area contributed by atoms with Gasteiger partial charge in [-0.1, -0.05) is 18.2 Å². The third-order valence-corrected chi connectivity index (χ3v) is 4.22. The highest BCUT2D eigenvalue weighted by molar-refractivity contribution is 5.91. The van der Waals surface area contributed by atoms with Crippen LogP contribution in [0.25, 0.3) is 0 Å². The molecule has 0 saturated carbocycles. The van der Waals surface area contributed by atoms with Crippen LogP contribution in [0.2, 0.25) is 0 Å². The number of hydrogen-bond donors (Lipinski definition) is 2. The molecule has 1 fully saturated rings. The van der Waals surface area contributed by atoms with Gasteiger partial charge in [-0.25, -0.2) is 4.79 Å². The number of para-hydroxylation sites is 1. The van der Waals surface area contributed by atoms with Crippen LogP contribution in [0.5, 0.6) is 0 Å². The number of hydrogen-bond acceptors (Lipinski definition) is 2. The molecule has 1 aliphatic heterocycles. The summed E-state index contributed by atoms with van der Waals surface area (Å²) >= 11 is 0. The second-order valence-electron chi connectivity index (χ2n) is 5.76. The lowest BCUT2D eigenvalue weighted by molar-refractivity contribution is 0.0820. The fourth-order valence-corrected chi connectivity index (χ4v) is 2.78. The number of aryl methyl sites for hydroxylation is 2. The standard InChI is InChI=1S/C16H24N2O2/c1-11-5-4-6-12(2)15(11)17-16(20)18-9-7-14(8-10-18)13(3)19/h4-6,13-14,19H,7-10H2,1-3H3,(H,17,20). The van der Waals surface area contributed by atoms with Gasteiger partial charge in [0.1, 0.15) is 0 Å². The van der Waals surface area contributed by atoms with Crippen molar-refractivity contribution >= 4 is 11.7 Å². The summed E-state index contributed by atoms with van der Waals surface area (Å²) in [7, 11) is 0. The highest BCUT2D eigenvalue weighted by atomic mass is 16.3. The van der Waals surface area contributed by atoms with E-state index in [-0.39, 0.29) is 12.1 Å². The molecule has 1 atom stereocenters. The number of carbonyl (C=O) groups is 1. The third kappa shape index (κ3) is 3.31. The monoisotopic (exact) mass is 276 g/mol. The van der Waals surface area contributed by atoms with Crippen molar-refractivity contribution in [3.05, 3.63) is 29.3 Å². The lowest BCUT2D eigenvalue weighted by Gasteiger charge is -2.33. The molecule has 2 N–H and O–H groups in total. The molecule has 0 radical (unpaired) electrons. The molecule has 0 spiro atoms. The summed E-state index contributed by atoms with van der Waals surface area (Å²) in [5, 5.41) is 12.6. The summed E-state index contributed by atoms with van der Waals surface area (Å²) in [6, 6.07) is 5.96. The first-order valence-electron chi connectivity index (χ1n) is 7.29. The van der Waals surface area contributed by atoms with Crippen LogP contribution < -0.4 is 5.32 Å².